The number of H-pyrrole nitrogens is 1. The number of carbonyl (C=O) groups excluding carboxylic acids is 3. The van der Waals surface area contributed by atoms with E-state index in [2.05, 4.69) is 15.3 Å². The molecule has 0 bridgehead atoms. The number of likely N-dealkylation sites (tertiary alicyclic amines) is 1. The van der Waals surface area contributed by atoms with Crippen LogP contribution in [0.5, 0.6) is 0 Å². The van der Waals surface area contributed by atoms with Gasteiger partial charge in [0.2, 0.25) is 17.7 Å². The van der Waals surface area contributed by atoms with E-state index in [1.165, 1.54) is 0 Å². The van der Waals surface area contributed by atoms with Crippen LogP contribution in [0.25, 0.3) is 11.0 Å². The normalized spacial score (nSPS) is 22.5. The first-order valence-corrected chi connectivity index (χ1v) is 9.79. The third-order valence-corrected chi connectivity index (χ3v) is 5.64. The molecule has 1 aromatic heterocycles. The van der Waals surface area contributed by atoms with Gasteiger partial charge in [0.05, 0.1) is 22.9 Å². The molecule has 7 heteroatoms. The van der Waals surface area contributed by atoms with Crippen LogP contribution in [0, 0.1) is 11.8 Å². The van der Waals surface area contributed by atoms with Gasteiger partial charge in [-0.3, -0.25) is 19.3 Å². The third-order valence-electron chi connectivity index (χ3n) is 5.64. The van der Waals surface area contributed by atoms with Crippen molar-refractivity contribution < 1.29 is 14.4 Å². The van der Waals surface area contributed by atoms with E-state index >= 15 is 0 Å². The molecule has 1 aliphatic heterocycles. The van der Waals surface area contributed by atoms with Crippen LogP contribution in [-0.4, -0.2) is 45.2 Å². The number of aromatic nitrogens is 2. The minimum Gasteiger partial charge on any atom is -0.354 e. The maximum absolute atomic E-state index is 12.6. The summed E-state index contributed by atoms with van der Waals surface area (Å²) in [5.74, 6) is -0.460. The quantitative estimate of drug-likeness (QED) is 0.455. The molecule has 0 spiro atoms. The maximum atomic E-state index is 12.6. The van der Waals surface area contributed by atoms with Crippen molar-refractivity contribution in [1.29, 1.82) is 0 Å². The van der Waals surface area contributed by atoms with Crippen molar-refractivity contribution in [3.8, 4) is 0 Å². The summed E-state index contributed by atoms with van der Waals surface area (Å²) >= 11 is 0. The molecule has 0 unspecified atom stereocenters. The van der Waals surface area contributed by atoms with Crippen LogP contribution in [0.15, 0.2) is 36.4 Å². The van der Waals surface area contributed by atoms with Crippen LogP contribution in [0.2, 0.25) is 0 Å². The van der Waals surface area contributed by atoms with Crippen molar-refractivity contribution in [3.05, 3.63) is 42.2 Å². The van der Waals surface area contributed by atoms with E-state index in [9.17, 15) is 14.4 Å². The number of aryl methyl sites for hydroxylation is 1. The average Bonchev–Trinajstić information content (AvgIpc) is 3.23. The highest BCUT2D eigenvalue weighted by molar-refractivity contribution is 6.08. The summed E-state index contributed by atoms with van der Waals surface area (Å²) < 4.78 is 0. The van der Waals surface area contributed by atoms with E-state index in [0.717, 1.165) is 28.2 Å². The Kier molecular flexibility index (Phi) is 4.98. The molecule has 0 radical (unpaired) electrons. The van der Waals surface area contributed by atoms with Gasteiger partial charge in [-0.05, 0) is 38.3 Å². The summed E-state index contributed by atoms with van der Waals surface area (Å²) in [6, 6.07) is 7.06. The smallest absolute Gasteiger partial charge is 0.243 e. The number of amides is 3. The van der Waals surface area contributed by atoms with E-state index in [4.69, 9.17) is 0 Å². The second-order valence-corrected chi connectivity index (χ2v) is 7.47. The molecule has 1 aliphatic carbocycles. The highest BCUT2D eigenvalue weighted by Crippen LogP contribution is 2.36. The number of hydrogen-bond donors (Lipinski definition) is 2. The first-order valence-electron chi connectivity index (χ1n) is 9.79. The molecule has 2 heterocycles. The van der Waals surface area contributed by atoms with Crippen molar-refractivity contribution in [2.45, 2.75) is 38.6 Å². The van der Waals surface area contributed by atoms with Gasteiger partial charge in [-0.1, -0.05) is 24.3 Å². The highest BCUT2D eigenvalue weighted by Gasteiger charge is 2.49. The largest absolute Gasteiger partial charge is 0.354 e. The molecule has 146 valence electrons. The summed E-state index contributed by atoms with van der Waals surface area (Å²) in [7, 11) is 0. The fourth-order valence-electron chi connectivity index (χ4n) is 4.06. The Balaban J connectivity index is 1.29. The monoisotopic (exact) mass is 380 g/mol. The maximum Gasteiger partial charge on any atom is 0.243 e. The predicted octanol–water partition coefficient (Wildman–Crippen LogP) is 1.95. The van der Waals surface area contributed by atoms with Gasteiger partial charge in [-0.25, -0.2) is 4.98 Å². The second kappa shape index (κ2) is 7.58. The van der Waals surface area contributed by atoms with Gasteiger partial charge in [0, 0.05) is 13.0 Å². The molecule has 1 aromatic carbocycles. The second-order valence-electron chi connectivity index (χ2n) is 7.47. The lowest BCUT2D eigenvalue weighted by Crippen LogP contribution is -2.48. The van der Waals surface area contributed by atoms with E-state index in [1.54, 1.807) is 6.92 Å². The van der Waals surface area contributed by atoms with Gasteiger partial charge in [-0.2, -0.15) is 0 Å². The number of rotatable bonds is 6. The number of imidazole rings is 1. The van der Waals surface area contributed by atoms with E-state index < -0.39 is 6.04 Å². The Morgan fingerprint density at radius 3 is 2.57 bits per heavy atom. The third kappa shape index (κ3) is 3.32. The Bertz CT molecular complexity index is 889. The number of para-hydroxylation sites is 2. The van der Waals surface area contributed by atoms with E-state index in [0.29, 0.717) is 25.8 Å². The van der Waals surface area contributed by atoms with Gasteiger partial charge >= 0.3 is 0 Å². The Morgan fingerprint density at radius 2 is 1.89 bits per heavy atom. The average molecular weight is 380 g/mol. The predicted molar refractivity (Wildman–Crippen MR) is 104 cm³/mol. The van der Waals surface area contributed by atoms with Gasteiger partial charge in [0.15, 0.2) is 0 Å². The van der Waals surface area contributed by atoms with Crippen molar-refractivity contribution in [2.75, 3.05) is 6.54 Å². The van der Waals surface area contributed by atoms with E-state index in [1.807, 2.05) is 36.4 Å². The number of fused-ring (bicyclic) bond motifs is 2. The molecule has 28 heavy (non-hydrogen) atoms. The molecule has 7 nitrogen and oxygen atoms in total. The molecule has 1 fully saturated rings. The standard InChI is InChI=1S/C21H24N4O3/c1-13(25-20(27)14-7-2-3-8-15(14)21(25)28)19(26)22-12-6-11-18-23-16-9-4-5-10-17(16)24-18/h2-5,9-10,13-15H,6-8,11-12H2,1H3,(H,22,26)(H,23,24)/t13-,14-,15-/m1/s1. The van der Waals surface area contributed by atoms with E-state index in [-0.39, 0.29) is 29.6 Å². The molecule has 1 saturated heterocycles. The number of allylic oxidation sites excluding steroid dienone is 2. The lowest BCUT2D eigenvalue weighted by molar-refractivity contribution is -0.147. The van der Waals surface area contributed by atoms with Crippen molar-refractivity contribution in [3.63, 3.8) is 0 Å². The number of aromatic amines is 1. The van der Waals surface area contributed by atoms with Gasteiger partial charge in [-0.15, -0.1) is 0 Å². The number of carbonyl (C=O) groups is 3. The lowest BCUT2D eigenvalue weighted by atomic mass is 9.85. The summed E-state index contributed by atoms with van der Waals surface area (Å²) in [5, 5.41) is 2.84. The number of imide groups is 1. The molecule has 2 aliphatic rings. The molecule has 3 atom stereocenters. The van der Waals surface area contributed by atoms with Crippen molar-refractivity contribution in [1.82, 2.24) is 20.2 Å². The number of hydrogen-bond acceptors (Lipinski definition) is 4. The van der Waals surface area contributed by atoms with Crippen LogP contribution in [-0.2, 0) is 20.8 Å². The SMILES string of the molecule is C[C@H](C(=O)NCCCc1nc2ccccc2[nH]1)N1C(=O)[C@@H]2CC=CC[C@H]2C1=O. The molecule has 2 N–H and O–H groups in total. The van der Waals surface area contributed by atoms with Crippen LogP contribution in [0.4, 0.5) is 0 Å². The summed E-state index contributed by atoms with van der Waals surface area (Å²) in [6.45, 7) is 2.08. The Labute approximate surface area is 163 Å². The van der Waals surface area contributed by atoms with Gasteiger partial charge in [0.25, 0.3) is 0 Å². The molecule has 2 aromatic rings. The number of benzene rings is 1. The molecular weight excluding hydrogens is 356 g/mol. The summed E-state index contributed by atoms with van der Waals surface area (Å²) in [6.07, 6.45) is 6.47. The number of nitrogens with zero attached hydrogens (tertiary/aromatic N) is 2. The number of nitrogens with one attached hydrogen (secondary N) is 2. The first-order chi connectivity index (χ1) is 13.6. The minimum atomic E-state index is -0.781. The Hall–Kier alpha value is -2.96. The van der Waals surface area contributed by atoms with Crippen LogP contribution >= 0.6 is 0 Å². The van der Waals surface area contributed by atoms with Crippen molar-refractivity contribution in [2.24, 2.45) is 11.8 Å². The first kappa shape index (κ1) is 18.4. The molecular formula is C21H24N4O3. The lowest BCUT2D eigenvalue weighted by Gasteiger charge is -2.22. The van der Waals surface area contributed by atoms with Crippen LogP contribution in [0.1, 0.15) is 32.0 Å². The topological polar surface area (TPSA) is 95.2 Å². The Morgan fingerprint density at radius 1 is 1.21 bits per heavy atom. The van der Waals surface area contributed by atoms with Crippen LogP contribution in [0.3, 0.4) is 0 Å². The zero-order valence-electron chi connectivity index (χ0n) is 15.9. The van der Waals surface area contributed by atoms with Crippen molar-refractivity contribution >= 4 is 28.8 Å². The van der Waals surface area contributed by atoms with Crippen LogP contribution < -0.4 is 5.32 Å². The van der Waals surface area contributed by atoms with Gasteiger partial charge in [0.1, 0.15) is 11.9 Å². The molecule has 4 rings (SSSR count). The highest BCUT2D eigenvalue weighted by atomic mass is 16.2. The fourth-order valence-corrected chi connectivity index (χ4v) is 4.06. The summed E-state index contributed by atoms with van der Waals surface area (Å²) in [4.78, 5) is 46.6. The fraction of sp³-hybridized carbons (Fsp3) is 0.429. The minimum absolute atomic E-state index is 0.218. The van der Waals surface area contributed by atoms with Gasteiger partial charge < -0.3 is 10.3 Å². The summed E-state index contributed by atoms with van der Waals surface area (Å²) in [5.41, 5.74) is 1.93. The molecule has 3 amide bonds. The zero-order chi connectivity index (χ0) is 19.7. The molecule has 0 saturated carbocycles. The zero-order valence-corrected chi connectivity index (χ0v) is 15.9.